The number of hydrogen-bond donors (Lipinski definition) is 1. The Bertz CT molecular complexity index is 1090. The third-order valence-electron chi connectivity index (χ3n) is 5.80. The van der Waals surface area contributed by atoms with Gasteiger partial charge in [-0.15, -0.1) is 10.2 Å². The van der Waals surface area contributed by atoms with Gasteiger partial charge in [-0.3, -0.25) is 9.36 Å². The van der Waals surface area contributed by atoms with Crippen LogP contribution in [0.3, 0.4) is 0 Å². The highest BCUT2D eigenvalue weighted by atomic mass is 35.5. The first kappa shape index (κ1) is 25.0. The van der Waals surface area contributed by atoms with Gasteiger partial charge in [-0.2, -0.15) is 0 Å². The van der Waals surface area contributed by atoms with Crippen LogP contribution in [0.15, 0.2) is 53.7 Å². The van der Waals surface area contributed by atoms with Crippen molar-refractivity contribution in [3.63, 3.8) is 0 Å². The molecule has 0 bridgehead atoms. The van der Waals surface area contributed by atoms with Crippen molar-refractivity contribution >= 4 is 40.9 Å². The zero-order chi connectivity index (χ0) is 23.8. The van der Waals surface area contributed by atoms with Crippen molar-refractivity contribution in [1.82, 2.24) is 25.0 Å². The molecule has 1 N–H and O–H groups in total. The molecule has 34 heavy (non-hydrogen) atoms. The standard InChI is InChI=1S/C25H29Cl2N5OS/c26-21-12-11-20(18-22(21)27)32-24(19-8-3-1-4-9-19)29-30-25(32)34-17-7-10-23(33)28-13-16-31-14-5-2-6-15-31/h1,3-4,8-9,11-12,18H,2,5-7,10,13-17H2,(H,28,33). The molecule has 0 saturated carbocycles. The number of hydrogen-bond acceptors (Lipinski definition) is 5. The van der Waals surface area contributed by atoms with Crippen molar-refractivity contribution in [3.05, 3.63) is 58.6 Å². The molecular weight excluding hydrogens is 489 g/mol. The van der Waals surface area contributed by atoms with Crippen molar-refractivity contribution in [2.75, 3.05) is 31.9 Å². The molecule has 0 unspecified atom stereocenters. The molecule has 6 nitrogen and oxygen atoms in total. The van der Waals surface area contributed by atoms with Crippen molar-refractivity contribution in [2.24, 2.45) is 0 Å². The topological polar surface area (TPSA) is 63.1 Å². The molecule has 1 amide bonds. The van der Waals surface area contributed by atoms with E-state index in [4.69, 9.17) is 23.2 Å². The Hall–Kier alpha value is -2.06. The second-order valence-electron chi connectivity index (χ2n) is 8.31. The Labute approximate surface area is 215 Å². The molecule has 9 heteroatoms. The normalized spacial score (nSPS) is 14.3. The number of benzene rings is 2. The Kier molecular flexibility index (Phi) is 9.27. The molecule has 2 heterocycles. The molecule has 1 saturated heterocycles. The van der Waals surface area contributed by atoms with E-state index in [-0.39, 0.29) is 5.91 Å². The lowest BCUT2D eigenvalue weighted by atomic mass is 10.1. The average molecular weight is 519 g/mol. The van der Waals surface area contributed by atoms with Crippen LogP contribution in [-0.2, 0) is 4.79 Å². The Balaban J connectivity index is 1.35. The van der Waals surface area contributed by atoms with E-state index >= 15 is 0 Å². The molecule has 1 fully saturated rings. The van der Waals surface area contributed by atoms with E-state index < -0.39 is 0 Å². The molecule has 4 rings (SSSR count). The molecule has 2 aromatic carbocycles. The minimum absolute atomic E-state index is 0.105. The summed E-state index contributed by atoms with van der Waals surface area (Å²) in [7, 11) is 0. The number of carbonyl (C=O) groups excluding carboxylic acids is 1. The summed E-state index contributed by atoms with van der Waals surface area (Å²) in [4.78, 5) is 14.7. The Morgan fingerprint density at radius 3 is 2.56 bits per heavy atom. The second kappa shape index (κ2) is 12.6. The molecule has 0 radical (unpaired) electrons. The van der Waals surface area contributed by atoms with E-state index in [1.807, 2.05) is 47.0 Å². The summed E-state index contributed by atoms with van der Waals surface area (Å²) in [5.41, 5.74) is 1.80. The smallest absolute Gasteiger partial charge is 0.220 e. The van der Waals surface area contributed by atoms with Crippen molar-refractivity contribution in [2.45, 2.75) is 37.3 Å². The summed E-state index contributed by atoms with van der Waals surface area (Å²) >= 11 is 14.0. The van der Waals surface area contributed by atoms with Gasteiger partial charge in [-0.1, -0.05) is 71.7 Å². The maximum Gasteiger partial charge on any atom is 0.220 e. The lowest BCUT2D eigenvalue weighted by Crippen LogP contribution is -2.37. The van der Waals surface area contributed by atoms with Crippen LogP contribution in [0, 0.1) is 0 Å². The molecule has 0 aliphatic carbocycles. The first-order chi connectivity index (χ1) is 16.6. The number of amides is 1. The molecule has 1 aliphatic heterocycles. The third-order valence-corrected chi connectivity index (χ3v) is 7.56. The van der Waals surface area contributed by atoms with Crippen LogP contribution in [0.25, 0.3) is 17.1 Å². The van der Waals surface area contributed by atoms with Crippen molar-refractivity contribution in [1.29, 1.82) is 0 Å². The minimum Gasteiger partial charge on any atom is -0.355 e. The number of nitrogens with one attached hydrogen (secondary N) is 1. The monoisotopic (exact) mass is 517 g/mol. The molecule has 0 spiro atoms. The first-order valence-electron chi connectivity index (χ1n) is 11.7. The number of likely N-dealkylation sites (tertiary alicyclic amines) is 1. The van der Waals surface area contributed by atoms with E-state index in [0.717, 1.165) is 60.6 Å². The maximum absolute atomic E-state index is 12.2. The van der Waals surface area contributed by atoms with Crippen LogP contribution < -0.4 is 5.32 Å². The number of aromatic nitrogens is 3. The van der Waals surface area contributed by atoms with Gasteiger partial charge in [0.05, 0.1) is 15.7 Å². The summed E-state index contributed by atoms with van der Waals surface area (Å²) in [6, 6.07) is 15.4. The van der Waals surface area contributed by atoms with Gasteiger partial charge >= 0.3 is 0 Å². The van der Waals surface area contributed by atoms with Gasteiger partial charge in [0.25, 0.3) is 0 Å². The van der Waals surface area contributed by atoms with Crippen LogP contribution in [0.2, 0.25) is 10.0 Å². The predicted molar refractivity (Wildman–Crippen MR) is 140 cm³/mol. The van der Waals surface area contributed by atoms with E-state index in [1.54, 1.807) is 17.8 Å². The summed E-state index contributed by atoms with van der Waals surface area (Å²) in [5, 5.41) is 13.7. The molecule has 0 atom stereocenters. The lowest BCUT2D eigenvalue weighted by Gasteiger charge is -2.26. The fourth-order valence-electron chi connectivity index (χ4n) is 4.02. The number of rotatable bonds is 10. The van der Waals surface area contributed by atoms with Gasteiger partial charge in [0, 0.05) is 30.8 Å². The van der Waals surface area contributed by atoms with Crippen LogP contribution in [0.4, 0.5) is 0 Å². The molecule has 1 aromatic heterocycles. The molecule has 180 valence electrons. The fourth-order valence-corrected chi connectivity index (χ4v) is 5.20. The van der Waals surface area contributed by atoms with Gasteiger partial charge in [0.15, 0.2) is 11.0 Å². The molecule has 3 aromatic rings. The maximum atomic E-state index is 12.2. The Morgan fingerprint density at radius 1 is 1.00 bits per heavy atom. The molecular formula is C25H29Cl2N5OS. The zero-order valence-corrected chi connectivity index (χ0v) is 21.4. The first-order valence-corrected chi connectivity index (χ1v) is 13.4. The minimum atomic E-state index is 0.105. The van der Waals surface area contributed by atoms with Crippen LogP contribution in [0.5, 0.6) is 0 Å². The highest BCUT2D eigenvalue weighted by molar-refractivity contribution is 7.99. The fraction of sp³-hybridized carbons (Fsp3) is 0.400. The third kappa shape index (κ3) is 6.75. The van der Waals surface area contributed by atoms with Gasteiger partial charge in [0.1, 0.15) is 0 Å². The summed E-state index contributed by atoms with van der Waals surface area (Å²) in [6.45, 7) is 3.96. The highest BCUT2D eigenvalue weighted by Gasteiger charge is 2.17. The highest BCUT2D eigenvalue weighted by Crippen LogP contribution is 2.31. The van der Waals surface area contributed by atoms with E-state index in [2.05, 4.69) is 20.4 Å². The van der Waals surface area contributed by atoms with Crippen LogP contribution in [0.1, 0.15) is 32.1 Å². The van der Waals surface area contributed by atoms with E-state index in [0.29, 0.717) is 16.5 Å². The molecule has 1 aliphatic rings. The largest absolute Gasteiger partial charge is 0.355 e. The number of thioether (sulfide) groups is 1. The van der Waals surface area contributed by atoms with E-state index in [1.165, 1.54) is 19.3 Å². The number of nitrogens with zero attached hydrogens (tertiary/aromatic N) is 4. The van der Waals surface area contributed by atoms with Crippen LogP contribution >= 0.6 is 35.0 Å². The van der Waals surface area contributed by atoms with E-state index in [9.17, 15) is 4.79 Å². The summed E-state index contributed by atoms with van der Waals surface area (Å²) in [5.74, 6) is 1.60. The zero-order valence-electron chi connectivity index (χ0n) is 19.1. The lowest BCUT2D eigenvalue weighted by molar-refractivity contribution is -0.121. The van der Waals surface area contributed by atoms with Crippen molar-refractivity contribution in [3.8, 4) is 17.1 Å². The SMILES string of the molecule is O=C(CCCSc1nnc(-c2ccccc2)n1-c1ccc(Cl)c(Cl)c1)NCCN1CCCCC1. The average Bonchev–Trinajstić information content (AvgIpc) is 3.29. The summed E-state index contributed by atoms with van der Waals surface area (Å²) in [6.07, 6.45) is 5.12. The predicted octanol–water partition coefficient (Wildman–Crippen LogP) is 5.72. The van der Waals surface area contributed by atoms with Gasteiger partial charge in [-0.05, 0) is 50.6 Å². The van der Waals surface area contributed by atoms with Crippen LogP contribution in [-0.4, -0.2) is 57.5 Å². The quantitative estimate of drug-likeness (QED) is 0.275. The van der Waals surface area contributed by atoms with Gasteiger partial charge < -0.3 is 10.2 Å². The Morgan fingerprint density at radius 2 is 1.79 bits per heavy atom. The van der Waals surface area contributed by atoms with Crippen molar-refractivity contribution < 1.29 is 4.79 Å². The van der Waals surface area contributed by atoms with Gasteiger partial charge in [-0.25, -0.2) is 0 Å². The number of halogens is 2. The van der Waals surface area contributed by atoms with Gasteiger partial charge in [0.2, 0.25) is 5.91 Å². The summed E-state index contributed by atoms with van der Waals surface area (Å²) < 4.78 is 1.99. The number of carbonyl (C=O) groups is 1. The number of piperidine rings is 1. The second-order valence-corrected chi connectivity index (χ2v) is 10.2.